The van der Waals surface area contributed by atoms with Gasteiger partial charge in [0, 0.05) is 25.8 Å². The second-order valence-electron chi connectivity index (χ2n) is 8.45. The quantitative estimate of drug-likeness (QED) is 0.274. The van der Waals surface area contributed by atoms with Gasteiger partial charge in [0.2, 0.25) is 0 Å². The molecule has 1 atom stereocenters. The summed E-state index contributed by atoms with van der Waals surface area (Å²) < 4.78 is 58.7. The number of benzene rings is 2. The molecule has 0 aliphatic rings. The average molecular weight is 536 g/mol. The van der Waals surface area contributed by atoms with Crippen molar-refractivity contribution in [2.45, 2.75) is 32.4 Å². The first kappa shape index (κ1) is 28.9. The molecular weight excluding hydrogens is 503 g/mol. The van der Waals surface area contributed by atoms with Gasteiger partial charge in [-0.3, -0.25) is 9.64 Å². The van der Waals surface area contributed by atoms with Crippen molar-refractivity contribution in [1.82, 2.24) is 9.88 Å². The summed E-state index contributed by atoms with van der Waals surface area (Å²) in [6.07, 6.45) is -3.29. The minimum Gasteiger partial charge on any atom is -0.497 e. The largest absolute Gasteiger partial charge is 0.522 e. The van der Waals surface area contributed by atoms with Gasteiger partial charge in [-0.05, 0) is 48.4 Å². The number of carbonyl (C=O) groups is 1. The molecule has 11 heteroatoms. The highest BCUT2D eigenvalue weighted by atomic mass is 19.4. The molecule has 0 aliphatic carbocycles. The van der Waals surface area contributed by atoms with Crippen molar-refractivity contribution in [3.05, 3.63) is 77.6 Å². The molecule has 1 aromatic heterocycles. The summed E-state index contributed by atoms with van der Waals surface area (Å²) in [4.78, 5) is 17.1. The number of anilines is 1. The fourth-order valence-electron chi connectivity index (χ4n) is 3.89. The van der Waals surface area contributed by atoms with Gasteiger partial charge in [-0.2, -0.15) is 0 Å². The average Bonchev–Trinajstić information content (AvgIpc) is 3.36. The van der Waals surface area contributed by atoms with Crippen LogP contribution in [0.5, 0.6) is 11.5 Å². The topological polar surface area (TPSA) is 85.1 Å². The van der Waals surface area contributed by atoms with Crippen LogP contribution in [0.15, 0.2) is 60.8 Å². The van der Waals surface area contributed by atoms with Crippen molar-refractivity contribution in [2.75, 3.05) is 39.3 Å². The van der Waals surface area contributed by atoms with Gasteiger partial charge in [-0.1, -0.05) is 24.3 Å². The number of alkyl halides is 3. The first-order valence-electron chi connectivity index (χ1n) is 12.0. The van der Waals surface area contributed by atoms with Crippen molar-refractivity contribution in [3.63, 3.8) is 0 Å². The minimum atomic E-state index is -4.81. The van der Waals surface area contributed by atoms with Gasteiger partial charge in [0.25, 0.3) is 0 Å². The summed E-state index contributed by atoms with van der Waals surface area (Å²) in [5, 5.41) is 3.04. The van der Waals surface area contributed by atoms with Crippen LogP contribution in [0.25, 0.3) is 0 Å². The molecule has 0 radical (unpaired) electrons. The Labute approximate surface area is 219 Å². The van der Waals surface area contributed by atoms with Crippen molar-refractivity contribution in [1.29, 1.82) is 0 Å². The summed E-state index contributed by atoms with van der Waals surface area (Å²) >= 11 is 0. The Morgan fingerprint density at radius 1 is 0.947 bits per heavy atom. The molecule has 0 saturated heterocycles. The van der Waals surface area contributed by atoms with E-state index in [0.717, 1.165) is 11.1 Å². The summed E-state index contributed by atoms with van der Waals surface area (Å²) in [6, 6.07) is 15.7. The van der Waals surface area contributed by atoms with Crippen LogP contribution in [0.1, 0.15) is 28.5 Å². The predicted octanol–water partition coefficient (Wildman–Crippen LogP) is 5.23. The Kier molecular flexibility index (Phi) is 10.4. The summed E-state index contributed by atoms with van der Waals surface area (Å²) in [5.74, 6) is 0.795. The molecule has 0 bridgehead atoms. The van der Waals surface area contributed by atoms with E-state index in [1.54, 1.807) is 27.2 Å². The summed E-state index contributed by atoms with van der Waals surface area (Å²) in [6.45, 7) is 2.22. The van der Waals surface area contributed by atoms with Gasteiger partial charge in [0.15, 0.2) is 0 Å². The first-order chi connectivity index (χ1) is 18.2. The highest BCUT2D eigenvalue weighted by molar-refractivity contribution is 5.93. The zero-order valence-corrected chi connectivity index (χ0v) is 21.5. The number of nitrogens with zero attached hydrogens (tertiary/aromatic N) is 1. The SMILES string of the molecule is CCOC(=O)c1[nH]ccc1NC(COC(F)(F)F)CN(Cc1ccc(OC)cc1)Cc1ccc(OC)cc1. The van der Waals surface area contributed by atoms with Crippen molar-refractivity contribution in [2.24, 2.45) is 0 Å². The van der Waals surface area contributed by atoms with E-state index in [-0.39, 0.29) is 18.8 Å². The minimum absolute atomic E-state index is 0.126. The van der Waals surface area contributed by atoms with Gasteiger partial charge in [0.1, 0.15) is 17.2 Å². The predicted molar refractivity (Wildman–Crippen MR) is 136 cm³/mol. The Bertz CT molecular complexity index is 1080. The lowest BCUT2D eigenvalue weighted by molar-refractivity contribution is -0.325. The van der Waals surface area contributed by atoms with Crippen LogP contribution in [0, 0.1) is 0 Å². The molecule has 38 heavy (non-hydrogen) atoms. The van der Waals surface area contributed by atoms with E-state index in [4.69, 9.17) is 14.2 Å². The van der Waals surface area contributed by atoms with Gasteiger partial charge >= 0.3 is 12.3 Å². The molecule has 1 unspecified atom stereocenters. The molecule has 0 saturated carbocycles. The molecule has 0 fully saturated rings. The molecule has 8 nitrogen and oxygen atoms in total. The maximum absolute atomic E-state index is 13.0. The Morgan fingerprint density at radius 3 is 1.97 bits per heavy atom. The number of esters is 1. The monoisotopic (exact) mass is 535 g/mol. The molecule has 1 heterocycles. The fourth-order valence-corrected chi connectivity index (χ4v) is 3.89. The van der Waals surface area contributed by atoms with E-state index in [9.17, 15) is 18.0 Å². The number of aromatic amines is 1. The van der Waals surface area contributed by atoms with Crippen molar-refractivity contribution >= 4 is 11.7 Å². The lowest BCUT2D eigenvalue weighted by Crippen LogP contribution is -2.40. The second-order valence-corrected chi connectivity index (χ2v) is 8.45. The van der Waals surface area contributed by atoms with Crippen molar-refractivity contribution < 1.29 is 36.9 Å². The number of halogens is 3. The molecular formula is C27H32F3N3O5. The molecule has 0 amide bonds. The van der Waals surface area contributed by atoms with E-state index in [1.165, 1.54) is 6.20 Å². The molecule has 206 valence electrons. The van der Waals surface area contributed by atoms with Gasteiger partial charge in [-0.15, -0.1) is 13.2 Å². The summed E-state index contributed by atoms with van der Waals surface area (Å²) in [5.41, 5.74) is 2.35. The number of hydrogen-bond donors (Lipinski definition) is 2. The number of H-pyrrole nitrogens is 1. The van der Waals surface area contributed by atoms with E-state index >= 15 is 0 Å². The fraction of sp³-hybridized carbons (Fsp3) is 0.370. The highest BCUT2D eigenvalue weighted by Crippen LogP contribution is 2.22. The lowest BCUT2D eigenvalue weighted by Gasteiger charge is -2.29. The molecule has 0 aliphatic heterocycles. The zero-order valence-electron chi connectivity index (χ0n) is 21.5. The van der Waals surface area contributed by atoms with Gasteiger partial charge < -0.3 is 24.5 Å². The summed E-state index contributed by atoms with van der Waals surface area (Å²) in [7, 11) is 3.15. The lowest BCUT2D eigenvalue weighted by atomic mass is 10.1. The van der Waals surface area contributed by atoms with Crippen LogP contribution >= 0.6 is 0 Å². The number of methoxy groups -OCH3 is 2. The zero-order chi connectivity index (χ0) is 27.5. The van der Waals surface area contributed by atoms with Gasteiger partial charge in [0.05, 0.1) is 39.2 Å². The Hall–Kier alpha value is -3.70. The number of carbonyl (C=O) groups excluding carboxylic acids is 1. The maximum Gasteiger partial charge on any atom is 0.522 e. The third kappa shape index (κ3) is 9.00. The van der Waals surface area contributed by atoms with E-state index < -0.39 is 25.0 Å². The number of hydrogen-bond acceptors (Lipinski definition) is 7. The van der Waals surface area contributed by atoms with Crippen LogP contribution in [0.4, 0.5) is 18.9 Å². The van der Waals surface area contributed by atoms with Crippen LogP contribution in [-0.2, 0) is 22.6 Å². The molecule has 3 rings (SSSR count). The van der Waals surface area contributed by atoms with E-state index in [0.29, 0.717) is 30.3 Å². The van der Waals surface area contributed by atoms with Crippen LogP contribution < -0.4 is 14.8 Å². The third-order valence-electron chi connectivity index (χ3n) is 5.64. The first-order valence-corrected chi connectivity index (χ1v) is 12.0. The molecule has 2 aromatic carbocycles. The molecule has 3 aromatic rings. The number of ether oxygens (including phenoxy) is 4. The smallest absolute Gasteiger partial charge is 0.497 e. The normalized spacial score (nSPS) is 12.3. The highest BCUT2D eigenvalue weighted by Gasteiger charge is 2.31. The number of rotatable bonds is 14. The Morgan fingerprint density at radius 2 is 1.50 bits per heavy atom. The molecule has 0 spiro atoms. The number of aromatic nitrogens is 1. The van der Waals surface area contributed by atoms with Crippen LogP contribution in [0.2, 0.25) is 0 Å². The van der Waals surface area contributed by atoms with Crippen LogP contribution in [0.3, 0.4) is 0 Å². The molecule has 2 N–H and O–H groups in total. The maximum atomic E-state index is 13.0. The van der Waals surface area contributed by atoms with Gasteiger partial charge in [-0.25, -0.2) is 4.79 Å². The standard InChI is InChI=1S/C27H32F3N3O5/c1-4-37-26(34)25-24(13-14-31-25)32-21(18-38-27(28,29)30)17-33(15-19-5-9-22(35-2)10-6-19)16-20-7-11-23(36-3)12-8-20/h5-14,21,31-32H,4,15-18H2,1-3H3. The second kappa shape index (κ2) is 13.7. The Balaban J connectivity index is 1.85. The third-order valence-corrected chi connectivity index (χ3v) is 5.64. The van der Waals surface area contributed by atoms with E-state index in [2.05, 4.69) is 15.0 Å². The van der Waals surface area contributed by atoms with E-state index in [1.807, 2.05) is 53.4 Å². The van der Waals surface area contributed by atoms with Crippen LogP contribution in [-0.4, -0.2) is 62.2 Å². The van der Waals surface area contributed by atoms with Crippen molar-refractivity contribution in [3.8, 4) is 11.5 Å². The number of nitrogens with one attached hydrogen (secondary N) is 2.